The summed E-state index contributed by atoms with van der Waals surface area (Å²) in [6.45, 7) is 4.95. The van der Waals surface area contributed by atoms with Crippen molar-refractivity contribution in [2.75, 3.05) is 6.54 Å². The molecule has 2 heteroatoms. The van der Waals surface area contributed by atoms with E-state index in [0.29, 0.717) is 0 Å². The number of aromatic amines is 1. The Balaban J connectivity index is 2.17. The maximum absolute atomic E-state index is 4.06. The fourth-order valence-electron chi connectivity index (χ4n) is 1.40. The zero-order valence-electron chi connectivity index (χ0n) is 7.98. The van der Waals surface area contributed by atoms with Gasteiger partial charge in [-0.2, -0.15) is 0 Å². The Kier molecular flexibility index (Phi) is 2.45. The average Bonchev–Trinajstić information content (AvgIpc) is 2.30. The number of hydrogen-bond acceptors (Lipinski definition) is 1. The molecule has 0 bridgehead atoms. The Hall–Kier alpha value is -1.83. The highest BCUT2D eigenvalue weighted by atomic mass is 15.1. The normalized spacial score (nSPS) is 14.4. The fraction of sp³-hybridized carbons (Fsp3) is 0.0833. The van der Waals surface area contributed by atoms with E-state index in [-0.39, 0.29) is 0 Å². The number of nitrogens with zero attached hydrogens (tertiary/aromatic N) is 1. The van der Waals surface area contributed by atoms with Gasteiger partial charge in [-0.1, -0.05) is 18.7 Å². The summed E-state index contributed by atoms with van der Waals surface area (Å²) in [7, 11) is 0. The van der Waals surface area contributed by atoms with Gasteiger partial charge >= 0.3 is 0 Å². The molecule has 1 aromatic heterocycles. The molecule has 70 valence electrons. The first-order valence-electron chi connectivity index (χ1n) is 4.64. The van der Waals surface area contributed by atoms with Crippen LogP contribution in [-0.2, 0) is 0 Å². The lowest BCUT2D eigenvalue weighted by Gasteiger charge is -2.19. The third-order valence-electron chi connectivity index (χ3n) is 2.18. The van der Waals surface area contributed by atoms with Crippen molar-refractivity contribution in [2.24, 2.45) is 0 Å². The number of aromatic nitrogens is 1. The van der Waals surface area contributed by atoms with Gasteiger partial charge in [-0.05, 0) is 12.1 Å². The van der Waals surface area contributed by atoms with Crippen LogP contribution in [0.4, 0.5) is 0 Å². The quantitative estimate of drug-likeness (QED) is 0.687. The van der Waals surface area contributed by atoms with Gasteiger partial charge < -0.3 is 4.90 Å². The van der Waals surface area contributed by atoms with E-state index in [0.717, 1.165) is 17.9 Å². The maximum atomic E-state index is 4.06. The monoisotopic (exact) mass is 185 g/mol. The van der Waals surface area contributed by atoms with Gasteiger partial charge in [0.2, 0.25) is 5.69 Å². The van der Waals surface area contributed by atoms with Gasteiger partial charge in [0.15, 0.2) is 6.20 Å². The lowest BCUT2D eigenvalue weighted by molar-refractivity contribution is -0.382. The summed E-state index contributed by atoms with van der Waals surface area (Å²) in [6, 6.07) is 5.98. The Morgan fingerprint density at radius 1 is 1.36 bits per heavy atom. The van der Waals surface area contributed by atoms with Crippen LogP contribution >= 0.6 is 0 Å². The first kappa shape index (κ1) is 8.75. The summed E-state index contributed by atoms with van der Waals surface area (Å²) in [5.41, 5.74) is 2.04. The summed E-state index contributed by atoms with van der Waals surface area (Å²) in [5, 5.41) is 0. The zero-order valence-corrected chi connectivity index (χ0v) is 7.98. The molecule has 0 unspecified atom stereocenters. The predicted molar refractivity (Wildman–Crippen MR) is 57.0 cm³/mol. The van der Waals surface area contributed by atoms with Crippen molar-refractivity contribution in [3.8, 4) is 0 Å². The number of H-pyrrole nitrogens is 1. The number of pyridine rings is 1. The maximum Gasteiger partial charge on any atom is 0.226 e. The molecule has 0 amide bonds. The van der Waals surface area contributed by atoms with E-state index in [1.54, 1.807) is 0 Å². The lowest BCUT2D eigenvalue weighted by atomic mass is 10.2. The Morgan fingerprint density at radius 3 is 2.93 bits per heavy atom. The molecule has 0 spiro atoms. The van der Waals surface area contributed by atoms with E-state index in [4.69, 9.17) is 0 Å². The van der Waals surface area contributed by atoms with Crippen molar-refractivity contribution >= 4 is 5.70 Å². The highest BCUT2D eigenvalue weighted by Gasteiger charge is 2.11. The number of rotatable bonds is 2. The molecule has 2 heterocycles. The van der Waals surface area contributed by atoms with E-state index >= 15 is 0 Å². The molecular weight excluding hydrogens is 172 g/mol. The second kappa shape index (κ2) is 3.92. The highest BCUT2D eigenvalue weighted by molar-refractivity contribution is 5.57. The van der Waals surface area contributed by atoms with Gasteiger partial charge in [-0.25, -0.2) is 4.98 Å². The van der Waals surface area contributed by atoms with Gasteiger partial charge in [0.25, 0.3) is 0 Å². The molecule has 0 saturated carbocycles. The average molecular weight is 185 g/mol. The van der Waals surface area contributed by atoms with Crippen LogP contribution < -0.4 is 4.98 Å². The number of allylic oxidation sites excluding steroid dienone is 2. The topological polar surface area (TPSA) is 17.4 Å². The van der Waals surface area contributed by atoms with Crippen molar-refractivity contribution in [3.63, 3.8) is 0 Å². The summed E-state index contributed by atoms with van der Waals surface area (Å²) in [6.07, 6.45) is 10.1. The third-order valence-corrected chi connectivity index (χ3v) is 2.18. The minimum absolute atomic E-state index is 0.887. The molecule has 0 saturated heterocycles. The van der Waals surface area contributed by atoms with Gasteiger partial charge in [0.1, 0.15) is 5.70 Å². The van der Waals surface area contributed by atoms with Crippen molar-refractivity contribution in [3.05, 3.63) is 61.1 Å². The van der Waals surface area contributed by atoms with Crippen LogP contribution in [0.1, 0.15) is 5.69 Å². The Bertz CT molecular complexity index is 377. The molecule has 1 N–H and O–H groups in total. The van der Waals surface area contributed by atoms with E-state index in [2.05, 4.69) is 22.5 Å². The fourth-order valence-corrected chi connectivity index (χ4v) is 1.40. The molecule has 0 radical (unpaired) electrons. The van der Waals surface area contributed by atoms with Crippen molar-refractivity contribution in [1.82, 2.24) is 4.90 Å². The first-order valence-corrected chi connectivity index (χ1v) is 4.64. The van der Waals surface area contributed by atoms with Crippen LogP contribution in [0.5, 0.6) is 0 Å². The molecule has 2 rings (SSSR count). The Labute approximate surface area is 83.9 Å². The third kappa shape index (κ3) is 1.74. The van der Waals surface area contributed by atoms with Crippen LogP contribution in [-0.4, -0.2) is 11.4 Å². The summed E-state index contributed by atoms with van der Waals surface area (Å²) >= 11 is 0. The second-order valence-electron chi connectivity index (χ2n) is 3.14. The minimum Gasteiger partial charge on any atom is -0.339 e. The van der Waals surface area contributed by atoms with Crippen LogP contribution in [0.2, 0.25) is 0 Å². The van der Waals surface area contributed by atoms with Crippen LogP contribution in [0.25, 0.3) is 5.70 Å². The molecule has 0 atom stereocenters. The Morgan fingerprint density at radius 2 is 2.29 bits per heavy atom. The smallest absolute Gasteiger partial charge is 0.226 e. The van der Waals surface area contributed by atoms with Crippen molar-refractivity contribution < 1.29 is 4.98 Å². The van der Waals surface area contributed by atoms with E-state index in [9.17, 15) is 0 Å². The molecular formula is C12H13N2+. The molecule has 0 fully saturated rings. The summed E-state index contributed by atoms with van der Waals surface area (Å²) in [5.74, 6) is 0. The standard InChI is InChI=1S/C12H12N2/c1-11(12-7-3-4-8-13-12)14-9-5-2-6-10-14/h2-9H,1,10H2/p+1. The first-order chi connectivity index (χ1) is 6.88. The number of nitrogens with one attached hydrogen (secondary N) is 1. The minimum atomic E-state index is 0.887. The molecule has 0 aliphatic carbocycles. The lowest BCUT2D eigenvalue weighted by Crippen LogP contribution is -2.21. The van der Waals surface area contributed by atoms with Gasteiger partial charge in [-0.3, -0.25) is 0 Å². The van der Waals surface area contributed by atoms with Crippen LogP contribution in [0, 0.1) is 0 Å². The van der Waals surface area contributed by atoms with Gasteiger partial charge in [0, 0.05) is 24.9 Å². The van der Waals surface area contributed by atoms with E-state index in [1.807, 2.05) is 42.7 Å². The van der Waals surface area contributed by atoms with Gasteiger partial charge in [-0.15, -0.1) is 0 Å². The van der Waals surface area contributed by atoms with E-state index < -0.39 is 0 Å². The molecule has 1 aromatic rings. The number of hydrogen-bond donors (Lipinski definition) is 0. The summed E-state index contributed by atoms with van der Waals surface area (Å²) < 4.78 is 0. The second-order valence-corrected chi connectivity index (χ2v) is 3.14. The molecule has 14 heavy (non-hydrogen) atoms. The largest absolute Gasteiger partial charge is 0.339 e. The molecule has 1 aliphatic heterocycles. The predicted octanol–water partition coefficient (Wildman–Crippen LogP) is 1.86. The summed E-state index contributed by atoms with van der Waals surface area (Å²) in [4.78, 5) is 5.27. The molecule has 2 nitrogen and oxygen atoms in total. The zero-order chi connectivity index (χ0) is 9.80. The van der Waals surface area contributed by atoms with Crippen LogP contribution in [0.3, 0.4) is 0 Å². The van der Waals surface area contributed by atoms with Crippen molar-refractivity contribution in [1.29, 1.82) is 0 Å². The van der Waals surface area contributed by atoms with Crippen molar-refractivity contribution in [2.45, 2.75) is 0 Å². The SMILES string of the molecule is C=C(c1cccc[nH+]1)N1C=CC=CC1. The molecule has 1 aliphatic rings. The van der Waals surface area contributed by atoms with Crippen LogP contribution in [0.15, 0.2) is 55.4 Å². The van der Waals surface area contributed by atoms with E-state index in [1.165, 1.54) is 0 Å². The van der Waals surface area contributed by atoms with Gasteiger partial charge in [0.05, 0.1) is 0 Å². The molecule has 0 aromatic carbocycles. The highest BCUT2D eigenvalue weighted by Crippen LogP contribution is 2.14.